The number of esters is 2. The SMILES string of the molecule is CC/C=C\C/C=C\C/C=C\C/C=C\C/C=C\C/C=C\CCCOCC(COC(=O)CCCCC/C=C\C/C=C\C/C=C\CC)OC(=O)CCCCCCCCC. The molecule has 1 atom stereocenters. The fourth-order valence-corrected chi connectivity index (χ4v) is 5.54. The summed E-state index contributed by atoms with van der Waals surface area (Å²) in [4.78, 5) is 25.1. The molecule has 0 aromatic carbocycles. The molecule has 0 fully saturated rings. The molecule has 0 aromatic rings. The monoisotopic (exact) mass is 775 g/mol. The zero-order valence-electron chi connectivity index (χ0n) is 36.1. The van der Waals surface area contributed by atoms with Gasteiger partial charge in [-0.25, -0.2) is 0 Å². The van der Waals surface area contributed by atoms with Crippen molar-refractivity contribution in [2.45, 2.75) is 181 Å². The third-order valence-corrected chi connectivity index (χ3v) is 8.80. The minimum absolute atomic E-state index is 0.0409. The van der Waals surface area contributed by atoms with Crippen LogP contribution in [0.25, 0.3) is 0 Å². The van der Waals surface area contributed by atoms with Gasteiger partial charge in [0.15, 0.2) is 6.10 Å². The van der Waals surface area contributed by atoms with Crippen LogP contribution < -0.4 is 0 Å². The van der Waals surface area contributed by atoms with E-state index < -0.39 is 6.10 Å². The van der Waals surface area contributed by atoms with E-state index in [0.717, 1.165) is 116 Å². The van der Waals surface area contributed by atoms with Gasteiger partial charge in [0.25, 0.3) is 0 Å². The highest BCUT2D eigenvalue weighted by atomic mass is 16.6. The van der Waals surface area contributed by atoms with E-state index in [4.69, 9.17) is 14.2 Å². The molecule has 0 aliphatic carbocycles. The molecule has 0 N–H and O–H groups in total. The van der Waals surface area contributed by atoms with Gasteiger partial charge in [-0.3, -0.25) is 9.59 Å². The van der Waals surface area contributed by atoms with Crippen LogP contribution in [0.2, 0.25) is 0 Å². The zero-order valence-corrected chi connectivity index (χ0v) is 36.1. The number of carbonyl (C=O) groups is 2. The summed E-state index contributed by atoms with van der Waals surface area (Å²) in [5.74, 6) is -0.480. The summed E-state index contributed by atoms with van der Waals surface area (Å²) in [6.07, 6.45) is 62.6. The Morgan fingerprint density at radius 3 is 1.29 bits per heavy atom. The van der Waals surface area contributed by atoms with Gasteiger partial charge in [-0.2, -0.15) is 0 Å². The summed E-state index contributed by atoms with van der Waals surface area (Å²) in [5.41, 5.74) is 0. The Balaban J connectivity index is 4.33. The van der Waals surface area contributed by atoms with Crippen molar-refractivity contribution in [1.29, 1.82) is 0 Å². The van der Waals surface area contributed by atoms with Crippen molar-refractivity contribution in [1.82, 2.24) is 0 Å². The molecule has 56 heavy (non-hydrogen) atoms. The minimum Gasteiger partial charge on any atom is -0.462 e. The molecule has 0 amide bonds. The van der Waals surface area contributed by atoms with Gasteiger partial charge in [-0.05, 0) is 96.3 Å². The van der Waals surface area contributed by atoms with Crippen molar-refractivity contribution in [2.24, 2.45) is 0 Å². The smallest absolute Gasteiger partial charge is 0.306 e. The third kappa shape index (κ3) is 43.3. The van der Waals surface area contributed by atoms with Crippen molar-refractivity contribution >= 4 is 11.9 Å². The quantitative estimate of drug-likeness (QED) is 0.0354. The van der Waals surface area contributed by atoms with Crippen LogP contribution in [-0.2, 0) is 23.8 Å². The first-order valence-corrected chi connectivity index (χ1v) is 22.4. The fraction of sp³-hybridized carbons (Fsp3) is 0.608. The first-order valence-electron chi connectivity index (χ1n) is 22.4. The average molecular weight is 775 g/mol. The van der Waals surface area contributed by atoms with Crippen molar-refractivity contribution in [3.63, 3.8) is 0 Å². The highest BCUT2D eigenvalue weighted by Gasteiger charge is 2.17. The van der Waals surface area contributed by atoms with E-state index in [0.29, 0.717) is 19.4 Å². The van der Waals surface area contributed by atoms with Crippen molar-refractivity contribution < 1.29 is 23.8 Å². The lowest BCUT2D eigenvalue weighted by atomic mass is 10.1. The van der Waals surface area contributed by atoms with Crippen molar-refractivity contribution in [2.75, 3.05) is 19.8 Å². The largest absolute Gasteiger partial charge is 0.462 e. The van der Waals surface area contributed by atoms with Crippen LogP contribution >= 0.6 is 0 Å². The lowest BCUT2D eigenvalue weighted by Gasteiger charge is -2.18. The third-order valence-electron chi connectivity index (χ3n) is 8.80. The maximum atomic E-state index is 12.6. The summed E-state index contributed by atoms with van der Waals surface area (Å²) in [6.45, 7) is 7.36. The van der Waals surface area contributed by atoms with Crippen LogP contribution in [0.15, 0.2) is 109 Å². The maximum Gasteiger partial charge on any atom is 0.306 e. The molecule has 0 spiro atoms. The number of allylic oxidation sites excluding steroid dienone is 18. The Kier molecular flexibility index (Phi) is 43.1. The lowest BCUT2D eigenvalue weighted by molar-refractivity contribution is -0.163. The van der Waals surface area contributed by atoms with Gasteiger partial charge in [-0.15, -0.1) is 0 Å². The molecule has 5 nitrogen and oxygen atoms in total. The topological polar surface area (TPSA) is 61.8 Å². The molecule has 0 aliphatic heterocycles. The molecule has 316 valence electrons. The second-order valence-electron chi connectivity index (χ2n) is 14.2. The van der Waals surface area contributed by atoms with E-state index in [1.54, 1.807) is 0 Å². The number of unbranched alkanes of at least 4 members (excludes halogenated alkanes) is 10. The maximum absolute atomic E-state index is 12.6. The van der Waals surface area contributed by atoms with Gasteiger partial charge in [0.1, 0.15) is 6.61 Å². The number of carbonyl (C=O) groups excluding carboxylic acids is 2. The predicted octanol–water partition coefficient (Wildman–Crippen LogP) is 14.9. The van der Waals surface area contributed by atoms with Crippen LogP contribution in [0, 0.1) is 0 Å². The zero-order chi connectivity index (χ0) is 40.7. The summed E-state index contributed by atoms with van der Waals surface area (Å²) in [7, 11) is 0. The molecule has 0 aliphatic rings. The first kappa shape index (κ1) is 52.6. The Labute approximate surface area is 344 Å². The Bertz CT molecular complexity index is 1150. The van der Waals surface area contributed by atoms with Crippen LogP contribution in [0.1, 0.15) is 175 Å². The van der Waals surface area contributed by atoms with Gasteiger partial charge < -0.3 is 14.2 Å². The normalized spacial score (nSPS) is 13.3. The van der Waals surface area contributed by atoms with Gasteiger partial charge in [0, 0.05) is 19.4 Å². The summed E-state index contributed by atoms with van der Waals surface area (Å²) < 4.78 is 17.1. The van der Waals surface area contributed by atoms with Gasteiger partial charge >= 0.3 is 11.9 Å². The number of ether oxygens (including phenoxy) is 3. The molecule has 0 radical (unpaired) electrons. The minimum atomic E-state index is -0.580. The van der Waals surface area contributed by atoms with E-state index in [9.17, 15) is 9.59 Å². The summed E-state index contributed by atoms with van der Waals surface area (Å²) >= 11 is 0. The summed E-state index contributed by atoms with van der Waals surface area (Å²) in [6, 6.07) is 0. The molecule has 0 saturated carbocycles. The average Bonchev–Trinajstić information content (AvgIpc) is 3.20. The lowest BCUT2D eigenvalue weighted by Crippen LogP contribution is -2.30. The first-order chi connectivity index (χ1) is 27.6. The Morgan fingerprint density at radius 1 is 0.411 bits per heavy atom. The van der Waals surface area contributed by atoms with Crippen LogP contribution in [0.3, 0.4) is 0 Å². The molecule has 0 aromatic heterocycles. The molecule has 0 saturated heterocycles. The second kappa shape index (κ2) is 45.9. The fourth-order valence-electron chi connectivity index (χ4n) is 5.54. The molecule has 1 unspecified atom stereocenters. The molecular formula is C51H82O5. The van der Waals surface area contributed by atoms with E-state index in [2.05, 4.69) is 130 Å². The van der Waals surface area contributed by atoms with Crippen LogP contribution in [-0.4, -0.2) is 37.9 Å². The van der Waals surface area contributed by atoms with Crippen molar-refractivity contribution in [3.05, 3.63) is 109 Å². The van der Waals surface area contributed by atoms with Gasteiger partial charge in [0.05, 0.1) is 6.61 Å². The Morgan fingerprint density at radius 2 is 0.804 bits per heavy atom. The molecular weight excluding hydrogens is 693 g/mol. The van der Waals surface area contributed by atoms with Crippen LogP contribution in [0.4, 0.5) is 0 Å². The van der Waals surface area contributed by atoms with E-state index in [1.807, 2.05) is 0 Å². The number of rotatable bonds is 39. The van der Waals surface area contributed by atoms with E-state index in [1.165, 1.54) is 25.7 Å². The second-order valence-corrected chi connectivity index (χ2v) is 14.2. The predicted molar refractivity (Wildman–Crippen MR) is 242 cm³/mol. The highest BCUT2D eigenvalue weighted by Crippen LogP contribution is 2.11. The molecule has 5 heteroatoms. The van der Waals surface area contributed by atoms with Gasteiger partial charge in [0.2, 0.25) is 0 Å². The van der Waals surface area contributed by atoms with Crippen molar-refractivity contribution in [3.8, 4) is 0 Å². The number of hydrogen-bond donors (Lipinski definition) is 0. The highest BCUT2D eigenvalue weighted by molar-refractivity contribution is 5.70. The van der Waals surface area contributed by atoms with E-state index >= 15 is 0 Å². The number of hydrogen-bond acceptors (Lipinski definition) is 5. The summed E-state index contributed by atoms with van der Waals surface area (Å²) in [5, 5.41) is 0. The molecule has 0 rings (SSSR count). The Hall–Kier alpha value is -3.44. The molecule has 0 bridgehead atoms. The van der Waals surface area contributed by atoms with E-state index in [-0.39, 0.29) is 25.2 Å². The van der Waals surface area contributed by atoms with Gasteiger partial charge in [-0.1, -0.05) is 175 Å². The molecule has 0 heterocycles. The van der Waals surface area contributed by atoms with Crippen LogP contribution in [0.5, 0.6) is 0 Å². The standard InChI is InChI=1S/C51H82O5/c1-4-7-10-13-16-18-20-22-23-24-25-26-27-28-30-32-34-37-40-43-46-54-47-49(56-51(53)45-42-39-35-15-12-9-6-3)48-55-50(52)44-41-38-36-33-31-29-21-19-17-14-11-8-5-2/h7-8,10-11,16-19,22-23,25-26,28-31,34,37,49H,4-6,9,12-15,20-21,24,27,32-33,35-36,38-48H2,1-3H3/b10-7-,11-8-,18-16-,19-17-,23-22-,26-25-,30-28-,31-29-,37-34-.